The lowest BCUT2D eigenvalue weighted by Gasteiger charge is -2.51. The maximum absolute atomic E-state index is 14.0. The summed E-state index contributed by atoms with van der Waals surface area (Å²) in [6, 6.07) is 28.5. The van der Waals surface area contributed by atoms with E-state index >= 15 is 0 Å². The Morgan fingerprint density at radius 3 is 1.82 bits per heavy atom. The molecule has 2 saturated heterocycles. The summed E-state index contributed by atoms with van der Waals surface area (Å²) in [5, 5.41) is 0. The number of carbonyl (C=O) groups excluding carboxylic acids is 2. The molecule has 6 nitrogen and oxygen atoms in total. The third-order valence-corrected chi connectivity index (χ3v) is 8.21. The lowest BCUT2D eigenvalue weighted by atomic mass is 9.91. The number of piperidine rings is 1. The SMILES string of the molecule is CN(Cc1ccc(C2CC2)cc1)C(=O)N1[C@@H]2CCC[C@H]1CN(C(=O)N(c1ccccc1)c1ccccc1)C2. The van der Waals surface area contributed by atoms with E-state index in [9.17, 15) is 9.59 Å². The number of benzene rings is 3. The van der Waals surface area contributed by atoms with Gasteiger partial charge in [-0.15, -0.1) is 0 Å². The molecule has 0 spiro atoms. The van der Waals surface area contributed by atoms with E-state index in [0.717, 1.165) is 42.1 Å². The predicted octanol–water partition coefficient (Wildman–Crippen LogP) is 6.61. The van der Waals surface area contributed by atoms with Crippen molar-refractivity contribution in [3.8, 4) is 0 Å². The molecule has 3 aliphatic rings. The number of piperazine rings is 1. The molecule has 2 bridgehead atoms. The van der Waals surface area contributed by atoms with Crippen LogP contribution in [0.4, 0.5) is 21.0 Å². The minimum Gasteiger partial charge on any atom is -0.323 e. The van der Waals surface area contributed by atoms with Gasteiger partial charge in [-0.25, -0.2) is 9.59 Å². The van der Waals surface area contributed by atoms with Crippen molar-refractivity contribution in [3.63, 3.8) is 0 Å². The molecule has 3 fully saturated rings. The second-order valence-corrected chi connectivity index (χ2v) is 11.0. The van der Waals surface area contributed by atoms with Crippen LogP contribution in [0.25, 0.3) is 0 Å². The summed E-state index contributed by atoms with van der Waals surface area (Å²) in [7, 11) is 1.90. The van der Waals surface area contributed by atoms with Crippen LogP contribution in [0.5, 0.6) is 0 Å². The maximum atomic E-state index is 14.0. The first-order chi connectivity index (χ1) is 18.6. The van der Waals surface area contributed by atoms with Gasteiger partial charge in [-0.3, -0.25) is 4.90 Å². The van der Waals surface area contributed by atoms with Crippen LogP contribution in [0.1, 0.15) is 49.1 Å². The van der Waals surface area contributed by atoms with E-state index in [-0.39, 0.29) is 24.1 Å². The molecule has 0 N–H and O–H groups in total. The highest BCUT2D eigenvalue weighted by molar-refractivity contribution is 5.99. The van der Waals surface area contributed by atoms with Gasteiger partial charge in [0.1, 0.15) is 0 Å². The Morgan fingerprint density at radius 2 is 1.29 bits per heavy atom. The maximum Gasteiger partial charge on any atom is 0.329 e. The minimum absolute atomic E-state index is 0.0319. The summed E-state index contributed by atoms with van der Waals surface area (Å²) in [5.41, 5.74) is 4.27. The monoisotopic (exact) mass is 508 g/mol. The van der Waals surface area contributed by atoms with Crippen molar-refractivity contribution in [1.82, 2.24) is 14.7 Å². The number of likely N-dealkylation sites (tertiary alicyclic amines) is 1. The Morgan fingerprint density at radius 1 is 0.737 bits per heavy atom. The van der Waals surface area contributed by atoms with Crippen LogP contribution in [0, 0.1) is 0 Å². The topological polar surface area (TPSA) is 47.1 Å². The van der Waals surface area contributed by atoms with E-state index in [1.165, 1.54) is 18.4 Å². The molecular weight excluding hydrogens is 472 g/mol. The molecule has 6 heteroatoms. The van der Waals surface area contributed by atoms with Crippen molar-refractivity contribution in [1.29, 1.82) is 0 Å². The van der Waals surface area contributed by atoms with Crippen LogP contribution >= 0.6 is 0 Å². The fraction of sp³-hybridized carbons (Fsp3) is 0.375. The van der Waals surface area contributed by atoms with Crippen molar-refractivity contribution in [3.05, 3.63) is 96.1 Å². The van der Waals surface area contributed by atoms with E-state index < -0.39 is 0 Å². The van der Waals surface area contributed by atoms with Crippen molar-refractivity contribution in [2.45, 2.75) is 56.7 Å². The van der Waals surface area contributed by atoms with Crippen molar-refractivity contribution < 1.29 is 9.59 Å². The smallest absolute Gasteiger partial charge is 0.323 e. The summed E-state index contributed by atoms with van der Waals surface area (Å²) < 4.78 is 0. The largest absolute Gasteiger partial charge is 0.329 e. The zero-order valence-corrected chi connectivity index (χ0v) is 22.1. The van der Waals surface area contributed by atoms with Gasteiger partial charge in [0.25, 0.3) is 0 Å². The molecule has 1 aliphatic carbocycles. The number of fused-ring (bicyclic) bond motifs is 2. The van der Waals surface area contributed by atoms with Gasteiger partial charge in [0.2, 0.25) is 0 Å². The van der Waals surface area contributed by atoms with Crippen LogP contribution in [0.2, 0.25) is 0 Å². The number of carbonyl (C=O) groups is 2. The number of anilines is 2. The highest BCUT2D eigenvalue weighted by Crippen LogP contribution is 2.40. The molecule has 0 aromatic heterocycles. The van der Waals surface area contributed by atoms with Crippen LogP contribution in [0.3, 0.4) is 0 Å². The second-order valence-electron chi connectivity index (χ2n) is 11.0. The number of amides is 4. The van der Waals surface area contributed by atoms with Crippen molar-refractivity contribution >= 4 is 23.4 Å². The molecule has 6 rings (SSSR count). The molecule has 38 heavy (non-hydrogen) atoms. The summed E-state index contributed by atoms with van der Waals surface area (Å²) in [4.78, 5) is 35.4. The van der Waals surface area contributed by atoms with Crippen LogP contribution in [-0.2, 0) is 6.54 Å². The van der Waals surface area contributed by atoms with Gasteiger partial charge in [0.15, 0.2) is 0 Å². The van der Waals surface area contributed by atoms with E-state index in [0.29, 0.717) is 19.6 Å². The number of hydrogen-bond donors (Lipinski definition) is 0. The summed E-state index contributed by atoms with van der Waals surface area (Å²) >= 11 is 0. The van der Waals surface area contributed by atoms with Gasteiger partial charge in [0, 0.05) is 26.7 Å². The van der Waals surface area contributed by atoms with Gasteiger partial charge >= 0.3 is 12.1 Å². The normalized spacial score (nSPS) is 20.7. The third kappa shape index (κ3) is 5.00. The van der Waals surface area contributed by atoms with Crippen LogP contribution in [0.15, 0.2) is 84.9 Å². The lowest BCUT2D eigenvalue weighted by molar-refractivity contribution is 0.0237. The average Bonchev–Trinajstić information content (AvgIpc) is 3.79. The van der Waals surface area contributed by atoms with Crippen LogP contribution in [-0.4, -0.2) is 59.0 Å². The van der Waals surface area contributed by atoms with Gasteiger partial charge in [-0.05, 0) is 73.4 Å². The van der Waals surface area contributed by atoms with Gasteiger partial charge < -0.3 is 14.7 Å². The zero-order valence-electron chi connectivity index (χ0n) is 22.1. The fourth-order valence-corrected chi connectivity index (χ4v) is 6.09. The Balaban J connectivity index is 1.17. The highest BCUT2D eigenvalue weighted by Gasteiger charge is 2.43. The Hall–Kier alpha value is -3.80. The van der Waals surface area contributed by atoms with Gasteiger partial charge in [-0.1, -0.05) is 60.7 Å². The van der Waals surface area contributed by atoms with Gasteiger partial charge in [-0.2, -0.15) is 0 Å². The molecule has 196 valence electrons. The van der Waals surface area contributed by atoms with Crippen molar-refractivity contribution in [2.75, 3.05) is 25.0 Å². The predicted molar refractivity (Wildman–Crippen MR) is 151 cm³/mol. The standard InChI is InChI=1S/C32H36N4O2/c1-33(21-24-15-17-25(18-16-24)26-19-20-26)31(37)36-29-13-8-14-30(36)23-34(22-29)32(38)35(27-9-4-2-5-10-27)28-11-6-3-7-12-28/h2-7,9-12,15-18,26,29-30H,8,13-14,19-23H2,1H3/t29-,30+. The summed E-state index contributed by atoms with van der Waals surface area (Å²) in [6.07, 6.45) is 5.53. The Bertz CT molecular complexity index is 1210. The molecule has 0 unspecified atom stereocenters. The molecular formula is C32H36N4O2. The third-order valence-electron chi connectivity index (χ3n) is 8.21. The molecule has 2 heterocycles. The first-order valence-corrected chi connectivity index (χ1v) is 13.9. The molecule has 3 aromatic carbocycles. The number of urea groups is 2. The number of para-hydroxylation sites is 2. The molecule has 3 aromatic rings. The molecule has 1 saturated carbocycles. The molecule has 2 atom stereocenters. The number of rotatable bonds is 5. The molecule has 4 amide bonds. The Labute approximate surface area is 225 Å². The Kier molecular flexibility index (Phi) is 6.79. The first kappa shape index (κ1) is 24.5. The highest BCUT2D eigenvalue weighted by atomic mass is 16.2. The summed E-state index contributed by atoms with van der Waals surface area (Å²) in [6.45, 7) is 1.71. The quantitative estimate of drug-likeness (QED) is 0.389. The molecule has 0 radical (unpaired) electrons. The molecule has 2 aliphatic heterocycles. The van der Waals surface area contributed by atoms with Crippen LogP contribution < -0.4 is 4.90 Å². The van der Waals surface area contributed by atoms with Gasteiger partial charge in [0.05, 0.1) is 23.5 Å². The number of hydrogen-bond acceptors (Lipinski definition) is 2. The fourth-order valence-electron chi connectivity index (χ4n) is 6.09. The first-order valence-electron chi connectivity index (χ1n) is 13.9. The van der Waals surface area contributed by atoms with E-state index in [2.05, 4.69) is 29.2 Å². The average molecular weight is 509 g/mol. The van der Waals surface area contributed by atoms with Crippen molar-refractivity contribution in [2.24, 2.45) is 0 Å². The van der Waals surface area contributed by atoms with E-state index in [1.54, 1.807) is 4.90 Å². The van der Waals surface area contributed by atoms with E-state index in [4.69, 9.17) is 0 Å². The lowest BCUT2D eigenvalue weighted by Crippen LogP contribution is -2.66. The second kappa shape index (κ2) is 10.5. The number of nitrogens with zero attached hydrogens (tertiary/aromatic N) is 4. The van der Waals surface area contributed by atoms with E-state index in [1.807, 2.05) is 77.5 Å². The summed E-state index contributed by atoms with van der Waals surface area (Å²) in [5.74, 6) is 0.737. The minimum atomic E-state index is -0.0319. The zero-order chi connectivity index (χ0) is 26.1.